The third-order valence-corrected chi connectivity index (χ3v) is 4.73. The molecule has 1 aliphatic carbocycles. The van der Waals surface area contributed by atoms with Gasteiger partial charge in [-0.3, -0.25) is 4.90 Å². The van der Waals surface area contributed by atoms with Gasteiger partial charge in [0, 0.05) is 24.0 Å². The molecule has 0 spiro atoms. The molecule has 1 fully saturated rings. The highest BCUT2D eigenvalue weighted by molar-refractivity contribution is 7.09. The van der Waals surface area contributed by atoms with Crippen LogP contribution >= 0.6 is 11.3 Å². The Kier molecular flexibility index (Phi) is 5.01. The molecule has 2 N–H and O–H groups in total. The molecule has 0 radical (unpaired) electrons. The number of nitrogens with zero attached hydrogens (tertiary/aromatic N) is 1. The summed E-state index contributed by atoms with van der Waals surface area (Å²) in [5.74, 6) is 0.712. The number of hydrogen-bond donors (Lipinski definition) is 1. The molecule has 0 bridgehead atoms. The second-order valence-corrected chi connectivity index (χ2v) is 6.15. The van der Waals surface area contributed by atoms with Gasteiger partial charge in [-0.25, -0.2) is 0 Å². The SMILES string of the molecule is CCN(Cc1cccs1)CC1CCCCC1N. The average Bonchev–Trinajstić information content (AvgIpc) is 2.84. The standard InChI is InChI=1S/C14H24N2S/c1-2-16(11-13-7-5-9-17-13)10-12-6-3-4-8-14(12)15/h5,7,9,12,14H,2-4,6,8,10-11,15H2,1H3. The van der Waals surface area contributed by atoms with Crippen molar-refractivity contribution in [2.75, 3.05) is 13.1 Å². The minimum atomic E-state index is 0.432. The van der Waals surface area contributed by atoms with Crippen LogP contribution in [0.4, 0.5) is 0 Å². The predicted molar refractivity (Wildman–Crippen MR) is 75.2 cm³/mol. The zero-order chi connectivity index (χ0) is 12.1. The second-order valence-electron chi connectivity index (χ2n) is 5.12. The summed E-state index contributed by atoms with van der Waals surface area (Å²) in [6, 6.07) is 4.80. The second kappa shape index (κ2) is 6.53. The van der Waals surface area contributed by atoms with Gasteiger partial charge < -0.3 is 5.73 Å². The molecule has 96 valence electrons. The van der Waals surface area contributed by atoms with Crippen molar-refractivity contribution < 1.29 is 0 Å². The summed E-state index contributed by atoms with van der Waals surface area (Å²) in [7, 11) is 0. The van der Waals surface area contributed by atoms with E-state index in [-0.39, 0.29) is 0 Å². The first-order valence-electron chi connectivity index (χ1n) is 6.80. The fraction of sp³-hybridized carbons (Fsp3) is 0.714. The van der Waals surface area contributed by atoms with Gasteiger partial charge in [0.2, 0.25) is 0 Å². The minimum Gasteiger partial charge on any atom is -0.327 e. The molecule has 0 aromatic carbocycles. The van der Waals surface area contributed by atoms with Crippen LogP contribution in [-0.4, -0.2) is 24.0 Å². The van der Waals surface area contributed by atoms with E-state index in [1.54, 1.807) is 0 Å². The third-order valence-electron chi connectivity index (χ3n) is 3.87. The molecular formula is C14H24N2S. The van der Waals surface area contributed by atoms with Crippen molar-refractivity contribution in [3.8, 4) is 0 Å². The van der Waals surface area contributed by atoms with Crippen LogP contribution in [0.3, 0.4) is 0 Å². The van der Waals surface area contributed by atoms with Gasteiger partial charge in [0.25, 0.3) is 0 Å². The highest BCUT2D eigenvalue weighted by atomic mass is 32.1. The van der Waals surface area contributed by atoms with E-state index in [1.807, 2.05) is 11.3 Å². The van der Waals surface area contributed by atoms with Crippen molar-refractivity contribution in [3.05, 3.63) is 22.4 Å². The summed E-state index contributed by atoms with van der Waals surface area (Å²) in [5, 5.41) is 2.16. The molecule has 1 aromatic rings. The van der Waals surface area contributed by atoms with Crippen molar-refractivity contribution >= 4 is 11.3 Å². The summed E-state index contributed by atoms with van der Waals surface area (Å²) < 4.78 is 0. The Hall–Kier alpha value is -0.380. The molecular weight excluding hydrogens is 228 g/mol. The van der Waals surface area contributed by atoms with E-state index in [0.29, 0.717) is 12.0 Å². The van der Waals surface area contributed by atoms with E-state index in [4.69, 9.17) is 5.73 Å². The van der Waals surface area contributed by atoms with Gasteiger partial charge in [0.05, 0.1) is 0 Å². The summed E-state index contributed by atoms with van der Waals surface area (Å²) >= 11 is 1.86. The molecule has 1 heterocycles. The lowest BCUT2D eigenvalue weighted by molar-refractivity contribution is 0.185. The summed E-state index contributed by atoms with van der Waals surface area (Å²) in [6.07, 6.45) is 5.24. The molecule has 0 aliphatic heterocycles. The maximum Gasteiger partial charge on any atom is 0.0327 e. The Bertz CT molecular complexity index is 310. The summed E-state index contributed by atoms with van der Waals surface area (Å²) in [5.41, 5.74) is 6.23. The van der Waals surface area contributed by atoms with Crippen LogP contribution in [0.2, 0.25) is 0 Å². The topological polar surface area (TPSA) is 29.3 Å². The highest BCUT2D eigenvalue weighted by Gasteiger charge is 2.23. The van der Waals surface area contributed by atoms with Gasteiger partial charge in [-0.2, -0.15) is 0 Å². The van der Waals surface area contributed by atoms with Crippen molar-refractivity contribution in [2.45, 2.75) is 45.2 Å². The maximum atomic E-state index is 6.23. The molecule has 1 saturated carbocycles. The van der Waals surface area contributed by atoms with Crippen molar-refractivity contribution in [1.82, 2.24) is 4.90 Å². The van der Waals surface area contributed by atoms with Crippen LogP contribution in [0.25, 0.3) is 0 Å². The first-order valence-corrected chi connectivity index (χ1v) is 7.68. The van der Waals surface area contributed by atoms with E-state index < -0.39 is 0 Å². The fourth-order valence-corrected chi connectivity index (χ4v) is 3.47. The summed E-state index contributed by atoms with van der Waals surface area (Å²) in [4.78, 5) is 4.01. The Morgan fingerprint density at radius 2 is 2.24 bits per heavy atom. The molecule has 0 saturated heterocycles. The number of nitrogens with two attached hydrogens (primary N) is 1. The molecule has 17 heavy (non-hydrogen) atoms. The van der Waals surface area contributed by atoms with Crippen LogP contribution in [0.1, 0.15) is 37.5 Å². The lowest BCUT2D eigenvalue weighted by Gasteiger charge is -2.33. The molecule has 1 aliphatic rings. The van der Waals surface area contributed by atoms with Gasteiger partial charge in [0.1, 0.15) is 0 Å². The van der Waals surface area contributed by atoms with Gasteiger partial charge in [-0.1, -0.05) is 25.8 Å². The average molecular weight is 252 g/mol. The molecule has 3 heteroatoms. The van der Waals surface area contributed by atoms with Crippen LogP contribution < -0.4 is 5.73 Å². The van der Waals surface area contributed by atoms with Crippen LogP contribution in [-0.2, 0) is 6.54 Å². The van der Waals surface area contributed by atoms with Gasteiger partial charge in [-0.05, 0) is 36.8 Å². The fourth-order valence-electron chi connectivity index (χ4n) is 2.72. The smallest absolute Gasteiger partial charge is 0.0327 e. The molecule has 2 rings (SSSR count). The molecule has 2 nitrogen and oxygen atoms in total. The molecule has 2 unspecified atom stereocenters. The monoisotopic (exact) mass is 252 g/mol. The zero-order valence-corrected chi connectivity index (χ0v) is 11.6. The first-order chi connectivity index (χ1) is 8.29. The minimum absolute atomic E-state index is 0.432. The first kappa shape index (κ1) is 13.1. The van der Waals surface area contributed by atoms with Gasteiger partial charge in [-0.15, -0.1) is 11.3 Å². The van der Waals surface area contributed by atoms with Crippen molar-refractivity contribution in [2.24, 2.45) is 11.7 Å². The lowest BCUT2D eigenvalue weighted by Crippen LogP contribution is -2.40. The Morgan fingerprint density at radius 3 is 2.88 bits per heavy atom. The van der Waals surface area contributed by atoms with Crippen molar-refractivity contribution in [3.63, 3.8) is 0 Å². The summed E-state index contributed by atoms with van der Waals surface area (Å²) in [6.45, 7) is 5.65. The van der Waals surface area contributed by atoms with Gasteiger partial charge >= 0.3 is 0 Å². The number of rotatable bonds is 5. The largest absolute Gasteiger partial charge is 0.327 e. The normalized spacial score (nSPS) is 25.4. The van der Waals surface area contributed by atoms with E-state index in [1.165, 1.54) is 37.1 Å². The van der Waals surface area contributed by atoms with E-state index >= 15 is 0 Å². The van der Waals surface area contributed by atoms with E-state index in [9.17, 15) is 0 Å². The Labute approximate surface area is 109 Å². The van der Waals surface area contributed by atoms with E-state index in [2.05, 4.69) is 29.3 Å². The maximum absolute atomic E-state index is 6.23. The number of thiophene rings is 1. The van der Waals surface area contributed by atoms with Crippen LogP contribution in [0.5, 0.6) is 0 Å². The quantitative estimate of drug-likeness (QED) is 0.872. The van der Waals surface area contributed by atoms with Crippen molar-refractivity contribution in [1.29, 1.82) is 0 Å². The molecule has 2 atom stereocenters. The zero-order valence-electron chi connectivity index (χ0n) is 10.8. The van der Waals surface area contributed by atoms with Crippen LogP contribution in [0.15, 0.2) is 17.5 Å². The highest BCUT2D eigenvalue weighted by Crippen LogP contribution is 2.24. The predicted octanol–water partition coefficient (Wildman–Crippen LogP) is 3.09. The van der Waals surface area contributed by atoms with Crippen LogP contribution in [0, 0.1) is 5.92 Å². The number of hydrogen-bond acceptors (Lipinski definition) is 3. The Balaban J connectivity index is 1.86. The molecule has 1 aromatic heterocycles. The Morgan fingerprint density at radius 1 is 1.41 bits per heavy atom. The van der Waals surface area contributed by atoms with E-state index in [0.717, 1.165) is 13.1 Å². The third kappa shape index (κ3) is 3.80. The van der Waals surface area contributed by atoms with Gasteiger partial charge in [0.15, 0.2) is 0 Å². The molecule has 0 amide bonds. The lowest BCUT2D eigenvalue weighted by atomic mass is 9.85.